The first kappa shape index (κ1) is 18.7. The van der Waals surface area contributed by atoms with E-state index in [2.05, 4.69) is 17.6 Å². The maximum Gasteiger partial charge on any atom is 0.255 e. The summed E-state index contributed by atoms with van der Waals surface area (Å²) in [4.78, 5) is 12.5. The molecule has 1 fully saturated rings. The summed E-state index contributed by atoms with van der Waals surface area (Å²) in [5.41, 5.74) is 0.575. The standard InChI is InChI=1S/C16H24N2O3.ClH/c1-12-14(7-5-9-17-12)18-16(19)13-6-3-4-8-15(13)21-11-10-20-2;/h3-4,6,8,12,14,17H,5,7,9-11H2,1-2H3,(H,18,19);1H. The average molecular weight is 329 g/mol. The Balaban J connectivity index is 0.00000242. The fourth-order valence-corrected chi connectivity index (χ4v) is 2.50. The van der Waals surface area contributed by atoms with Crippen LogP contribution in [0.1, 0.15) is 30.1 Å². The Bertz CT molecular complexity index is 470. The number of carbonyl (C=O) groups is 1. The number of ether oxygens (including phenoxy) is 2. The van der Waals surface area contributed by atoms with Gasteiger partial charge in [0.1, 0.15) is 12.4 Å². The van der Waals surface area contributed by atoms with Crippen molar-refractivity contribution in [3.8, 4) is 5.75 Å². The predicted molar refractivity (Wildman–Crippen MR) is 89.0 cm³/mol. The van der Waals surface area contributed by atoms with Gasteiger partial charge in [0.25, 0.3) is 5.91 Å². The minimum Gasteiger partial charge on any atom is -0.490 e. The molecule has 1 amide bonds. The quantitative estimate of drug-likeness (QED) is 0.784. The van der Waals surface area contributed by atoms with E-state index in [0.717, 1.165) is 19.4 Å². The van der Waals surface area contributed by atoms with Crippen molar-refractivity contribution >= 4 is 18.3 Å². The van der Waals surface area contributed by atoms with E-state index in [4.69, 9.17) is 9.47 Å². The summed E-state index contributed by atoms with van der Waals surface area (Å²) in [6.07, 6.45) is 2.09. The number of amides is 1. The van der Waals surface area contributed by atoms with E-state index in [1.165, 1.54) is 0 Å². The molecular weight excluding hydrogens is 304 g/mol. The topological polar surface area (TPSA) is 59.6 Å². The van der Waals surface area contributed by atoms with Crippen LogP contribution in [-0.4, -0.2) is 44.9 Å². The number of rotatable bonds is 6. The maximum absolute atomic E-state index is 12.5. The van der Waals surface area contributed by atoms with Crippen LogP contribution in [0.5, 0.6) is 5.75 Å². The molecule has 0 aromatic heterocycles. The summed E-state index contributed by atoms with van der Waals surface area (Å²) in [5, 5.41) is 6.49. The molecule has 0 spiro atoms. The SMILES string of the molecule is COCCOc1ccccc1C(=O)NC1CCCNC1C.Cl. The van der Waals surface area contributed by atoms with Crippen LogP contribution in [0.2, 0.25) is 0 Å². The molecule has 6 heteroatoms. The first-order valence-corrected chi connectivity index (χ1v) is 7.47. The number of hydrogen-bond acceptors (Lipinski definition) is 4. The first-order valence-electron chi connectivity index (χ1n) is 7.47. The lowest BCUT2D eigenvalue weighted by Gasteiger charge is -2.30. The predicted octanol–water partition coefficient (Wildman–Crippen LogP) is 2.00. The highest BCUT2D eigenvalue weighted by Gasteiger charge is 2.23. The van der Waals surface area contributed by atoms with E-state index in [0.29, 0.717) is 30.6 Å². The van der Waals surface area contributed by atoms with Gasteiger partial charge in [0.05, 0.1) is 12.2 Å². The van der Waals surface area contributed by atoms with Crippen molar-refractivity contribution in [2.24, 2.45) is 0 Å². The number of halogens is 1. The lowest BCUT2D eigenvalue weighted by molar-refractivity contribution is 0.0912. The normalized spacial score (nSPS) is 20.8. The van der Waals surface area contributed by atoms with Crippen molar-refractivity contribution in [1.29, 1.82) is 0 Å². The molecule has 2 N–H and O–H groups in total. The number of carbonyl (C=O) groups excluding carboxylic acids is 1. The van der Waals surface area contributed by atoms with Crippen LogP contribution in [0.15, 0.2) is 24.3 Å². The second kappa shape index (κ2) is 9.66. The number of hydrogen-bond donors (Lipinski definition) is 2. The lowest BCUT2D eigenvalue weighted by atomic mass is 9.99. The fourth-order valence-electron chi connectivity index (χ4n) is 2.50. The smallest absolute Gasteiger partial charge is 0.255 e. The van der Waals surface area contributed by atoms with Crippen LogP contribution in [0.4, 0.5) is 0 Å². The van der Waals surface area contributed by atoms with Gasteiger partial charge < -0.3 is 20.1 Å². The number of nitrogens with one attached hydrogen (secondary N) is 2. The van der Waals surface area contributed by atoms with Crippen molar-refractivity contribution in [2.75, 3.05) is 26.9 Å². The zero-order chi connectivity index (χ0) is 15.1. The zero-order valence-electron chi connectivity index (χ0n) is 13.1. The third-order valence-corrected chi connectivity index (χ3v) is 3.75. The Morgan fingerprint density at radius 2 is 2.14 bits per heavy atom. The highest BCUT2D eigenvalue weighted by Crippen LogP contribution is 2.19. The molecule has 0 radical (unpaired) electrons. The number of methoxy groups -OCH3 is 1. The molecule has 1 saturated heterocycles. The fraction of sp³-hybridized carbons (Fsp3) is 0.562. The van der Waals surface area contributed by atoms with E-state index in [1.54, 1.807) is 13.2 Å². The van der Waals surface area contributed by atoms with Crippen LogP contribution in [0, 0.1) is 0 Å². The van der Waals surface area contributed by atoms with Gasteiger partial charge in [-0.15, -0.1) is 12.4 Å². The molecule has 2 unspecified atom stereocenters. The summed E-state index contributed by atoms with van der Waals surface area (Å²) in [6, 6.07) is 7.78. The Morgan fingerprint density at radius 1 is 1.36 bits per heavy atom. The summed E-state index contributed by atoms with van der Waals surface area (Å²) < 4.78 is 10.6. The van der Waals surface area contributed by atoms with Gasteiger partial charge in [0.15, 0.2) is 0 Å². The molecule has 1 aliphatic heterocycles. The Kier molecular flexibility index (Phi) is 8.24. The number of benzene rings is 1. The molecule has 1 aromatic carbocycles. The average Bonchev–Trinajstić information content (AvgIpc) is 2.50. The van der Waals surface area contributed by atoms with Crippen LogP contribution in [-0.2, 0) is 4.74 Å². The van der Waals surface area contributed by atoms with E-state index in [-0.39, 0.29) is 24.4 Å². The van der Waals surface area contributed by atoms with Crippen molar-refractivity contribution in [3.05, 3.63) is 29.8 Å². The van der Waals surface area contributed by atoms with Gasteiger partial charge in [0, 0.05) is 19.2 Å². The van der Waals surface area contributed by atoms with Gasteiger partial charge in [-0.3, -0.25) is 4.79 Å². The molecule has 2 rings (SSSR count). The van der Waals surface area contributed by atoms with E-state index >= 15 is 0 Å². The van der Waals surface area contributed by atoms with Gasteiger partial charge in [0.2, 0.25) is 0 Å². The minimum atomic E-state index is -0.0800. The van der Waals surface area contributed by atoms with Gasteiger partial charge in [-0.05, 0) is 38.4 Å². The molecule has 0 aliphatic carbocycles. The Labute approximate surface area is 138 Å². The Morgan fingerprint density at radius 3 is 2.86 bits per heavy atom. The second-order valence-corrected chi connectivity index (χ2v) is 5.30. The zero-order valence-corrected chi connectivity index (χ0v) is 13.9. The highest BCUT2D eigenvalue weighted by atomic mass is 35.5. The second-order valence-electron chi connectivity index (χ2n) is 5.30. The van der Waals surface area contributed by atoms with Crippen LogP contribution in [0.25, 0.3) is 0 Å². The molecule has 1 aromatic rings. The van der Waals surface area contributed by atoms with E-state index < -0.39 is 0 Å². The summed E-state index contributed by atoms with van der Waals surface area (Å²) in [5.74, 6) is 0.520. The third kappa shape index (κ3) is 5.16. The summed E-state index contributed by atoms with van der Waals surface area (Å²) >= 11 is 0. The highest BCUT2D eigenvalue weighted by molar-refractivity contribution is 5.97. The van der Waals surface area contributed by atoms with Crippen molar-refractivity contribution in [3.63, 3.8) is 0 Å². The van der Waals surface area contributed by atoms with Crippen molar-refractivity contribution < 1.29 is 14.3 Å². The van der Waals surface area contributed by atoms with Crippen LogP contribution < -0.4 is 15.4 Å². The molecule has 0 bridgehead atoms. The summed E-state index contributed by atoms with van der Waals surface area (Å²) in [7, 11) is 1.62. The monoisotopic (exact) mass is 328 g/mol. The van der Waals surface area contributed by atoms with Crippen molar-refractivity contribution in [1.82, 2.24) is 10.6 Å². The van der Waals surface area contributed by atoms with Gasteiger partial charge in [-0.2, -0.15) is 0 Å². The largest absolute Gasteiger partial charge is 0.490 e. The lowest BCUT2D eigenvalue weighted by Crippen LogP contribution is -2.51. The first-order chi connectivity index (χ1) is 10.2. The number of para-hydroxylation sites is 1. The molecule has 1 heterocycles. The molecule has 0 saturated carbocycles. The summed E-state index contributed by atoms with van der Waals surface area (Å²) in [6.45, 7) is 4.05. The maximum atomic E-state index is 12.5. The minimum absolute atomic E-state index is 0. The molecule has 2 atom stereocenters. The molecule has 5 nitrogen and oxygen atoms in total. The van der Waals surface area contributed by atoms with Crippen LogP contribution >= 0.6 is 12.4 Å². The number of piperidine rings is 1. The third-order valence-electron chi connectivity index (χ3n) is 3.75. The van der Waals surface area contributed by atoms with Crippen LogP contribution in [0.3, 0.4) is 0 Å². The molecule has 124 valence electrons. The molecule has 22 heavy (non-hydrogen) atoms. The van der Waals surface area contributed by atoms with E-state index in [9.17, 15) is 4.79 Å². The van der Waals surface area contributed by atoms with Gasteiger partial charge in [-0.25, -0.2) is 0 Å². The van der Waals surface area contributed by atoms with E-state index in [1.807, 2.05) is 18.2 Å². The van der Waals surface area contributed by atoms with Crippen molar-refractivity contribution in [2.45, 2.75) is 31.8 Å². The molecule has 1 aliphatic rings. The Hall–Kier alpha value is -1.30. The van der Waals surface area contributed by atoms with Gasteiger partial charge in [-0.1, -0.05) is 12.1 Å². The van der Waals surface area contributed by atoms with Gasteiger partial charge >= 0.3 is 0 Å². The molecular formula is C16H25ClN2O3.